The Morgan fingerprint density at radius 2 is 1.79 bits per heavy atom. The minimum Gasteiger partial charge on any atom is -0.432 e. The van der Waals surface area contributed by atoms with E-state index in [2.05, 4.69) is 25.3 Å². The number of ketones is 1. The lowest BCUT2D eigenvalue weighted by atomic mass is 9.84. The van der Waals surface area contributed by atoms with Gasteiger partial charge in [0.2, 0.25) is 27.6 Å². The number of fused-ring (bicyclic) bond motifs is 1. The molecule has 4 heterocycles. The van der Waals surface area contributed by atoms with Crippen molar-refractivity contribution in [3.8, 4) is 0 Å². The fourth-order valence-electron chi connectivity index (χ4n) is 7.75. The first-order valence-electron chi connectivity index (χ1n) is 18.4. The fourth-order valence-corrected chi connectivity index (χ4v) is 8.61. The van der Waals surface area contributed by atoms with E-state index < -0.39 is 51.9 Å². The SMILES string of the molecule is CS(=O)(=O)N[C@H](CCC1CCNCC1)C(=O)N1C[C@H](OCc2ccc(Cl)cc2)C[C@H]1C(=O)N[C@@H](CC1CCCCC1)C(=O)c1nc2ncccc2o1. The number of ether oxygens (including phenoxy) is 1. The summed E-state index contributed by atoms with van der Waals surface area (Å²) in [6.45, 7) is 2.07. The lowest BCUT2D eigenvalue weighted by Crippen LogP contribution is -2.55. The maximum Gasteiger partial charge on any atom is 0.268 e. The monoisotopic (exact) mass is 756 g/mol. The quantitative estimate of drug-likeness (QED) is 0.189. The van der Waals surface area contributed by atoms with E-state index in [4.69, 9.17) is 20.8 Å². The summed E-state index contributed by atoms with van der Waals surface area (Å²) in [4.78, 5) is 52.7. The number of sulfonamides is 1. The number of carbonyl (C=O) groups excluding carboxylic acids is 3. The van der Waals surface area contributed by atoms with Crippen LogP contribution in [0.2, 0.25) is 5.02 Å². The van der Waals surface area contributed by atoms with E-state index in [9.17, 15) is 22.8 Å². The zero-order valence-electron chi connectivity index (χ0n) is 29.6. The highest BCUT2D eigenvalue weighted by atomic mass is 35.5. The molecule has 4 atom stereocenters. The zero-order valence-corrected chi connectivity index (χ0v) is 31.2. The maximum absolute atomic E-state index is 14.4. The number of hydrogen-bond acceptors (Lipinski definition) is 10. The van der Waals surface area contributed by atoms with Gasteiger partial charge in [0.25, 0.3) is 5.89 Å². The van der Waals surface area contributed by atoms with Crippen LogP contribution < -0.4 is 15.4 Å². The van der Waals surface area contributed by atoms with Gasteiger partial charge in [-0.2, -0.15) is 4.98 Å². The van der Waals surface area contributed by atoms with Crippen molar-refractivity contribution < 1.29 is 32.0 Å². The summed E-state index contributed by atoms with van der Waals surface area (Å²) in [5, 5.41) is 6.92. The molecule has 6 rings (SSSR count). The number of piperidine rings is 1. The third kappa shape index (κ3) is 10.4. The van der Waals surface area contributed by atoms with Gasteiger partial charge in [0.1, 0.15) is 12.1 Å². The van der Waals surface area contributed by atoms with E-state index in [1.54, 1.807) is 30.5 Å². The predicted octanol–water partition coefficient (Wildman–Crippen LogP) is 4.40. The molecule has 3 aliphatic rings. The molecule has 3 N–H and O–H groups in total. The molecule has 3 fully saturated rings. The summed E-state index contributed by atoms with van der Waals surface area (Å²) in [6, 6.07) is 7.60. The Hall–Kier alpha value is -3.43. The number of aromatic nitrogens is 2. The molecule has 1 aromatic carbocycles. The average Bonchev–Trinajstić information content (AvgIpc) is 3.78. The van der Waals surface area contributed by atoms with Gasteiger partial charge in [-0.1, -0.05) is 55.8 Å². The number of oxazole rings is 1. The van der Waals surface area contributed by atoms with Crippen molar-refractivity contribution in [2.24, 2.45) is 11.8 Å². The molecule has 0 bridgehead atoms. The first-order valence-corrected chi connectivity index (χ1v) is 20.7. The van der Waals surface area contributed by atoms with Crippen molar-refractivity contribution in [2.45, 2.75) is 101 Å². The van der Waals surface area contributed by atoms with Gasteiger partial charge < -0.3 is 24.7 Å². The van der Waals surface area contributed by atoms with Crippen molar-refractivity contribution in [2.75, 3.05) is 25.9 Å². The van der Waals surface area contributed by atoms with Gasteiger partial charge in [-0.3, -0.25) is 14.4 Å². The molecule has 13 nitrogen and oxygen atoms in total. The molecule has 2 aromatic heterocycles. The van der Waals surface area contributed by atoms with Gasteiger partial charge in [-0.05, 0) is 86.9 Å². The average molecular weight is 757 g/mol. The first kappa shape index (κ1) is 38.3. The summed E-state index contributed by atoms with van der Waals surface area (Å²) in [5.74, 6) is -1.00. The molecule has 52 heavy (non-hydrogen) atoms. The van der Waals surface area contributed by atoms with Crippen LogP contribution in [0.25, 0.3) is 11.2 Å². The van der Waals surface area contributed by atoms with Crippen LogP contribution in [0.15, 0.2) is 47.0 Å². The molecule has 15 heteroatoms. The third-order valence-corrected chi connectivity index (χ3v) is 11.5. The van der Waals surface area contributed by atoms with Crippen molar-refractivity contribution in [1.29, 1.82) is 0 Å². The first-order chi connectivity index (χ1) is 25.0. The van der Waals surface area contributed by atoms with E-state index in [0.29, 0.717) is 41.4 Å². The lowest BCUT2D eigenvalue weighted by Gasteiger charge is -2.31. The Morgan fingerprint density at radius 3 is 2.50 bits per heavy atom. The number of pyridine rings is 1. The van der Waals surface area contributed by atoms with E-state index in [1.165, 1.54) is 4.90 Å². The number of nitrogens with one attached hydrogen (secondary N) is 3. The summed E-state index contributed by atoms with van der Waals surface area (Å²) in [5.41, 5.74) is 1.55. The highest BCUT2D eigenvalue weighted by molar-refractivity contribution is 7.88. The topological polar surface area (TPSA) is 173 Å². The minimum atomic E-state index is -3.76. The predicted molar refractivity (Wildman–Crippen MR) is 196 cm³/mol. The molecule has 1 aliphatic carbocycles. The summed E-state index contributed by atoms with van der Waals surface area (Å²) in [6.07, 6.45) is 10.6. The number of amides is 2. The number of rotatable bonds is 15. The van der Waals surface area contributed by atoms with E-state index >= 15 is 0 Å². The van der Waals surface area contributed by atoms with Gasteiger partial charge in [-0.25, -0.2) is 18.1 Å². The van der Waals surface area contributed by atoms with Gasteiger partial charge >= 0.3 is 0 Å². The van der Waals surface area contributed by atoms with Crippen LogP contribution >= 0.6 is 11.6 Å². The van der Waals surface area contributed by atoms with Crippen LogP contribution in [0.1, 0.15) is 86.9 Å². The van der Waals surface area contributed by atoms with Crippen LogP contribution in [0.4, 0.5) is 0 Å². The molecule has 282 valence electrons. The molecule has 0 unspecified atom stereocenters. The number of likely N-dealkylation sites (tertiary alicyclic amines) is 1. The molecule has 3 aromatic rings. The standard InChI is InChI=1S/C37H49ClN6O7S/c1-52(48,49)43-29(14-11-24-15-18-39-19-16-24)37(47)44-22-28(50-23-26-9-12-27(38)13-10-26)21-31(44)35(46)41-30(20-25-6-3-2-4-7-25)33(45)36-42-34-32(51-36)8-5-17-40-34/h5,8-10,12-13,17,24-25,28-31,39,43H,2-4,6-7,11,14-16,18-23H2,1H3,(H,41,46)/t28-,29-,30+,31+/m1/s1. The minimum absolute atomic E-state index is 0.0812. The smallest absolute Gasteiger partial charge is 0.268 e. The largest absolute Gasteiger partial charge is 0.432 e. The molecule has 0 radical (unpaired) electrons. The van der Waals surface area contributed by atoms with Crippen molar-refractivity contribution in [3.05, 3.63) is 59.1 Å². The lowest BCUT2D eigenvalue weighted by molar-refractivity contribution is -0.140. The Bertz CT molecular complexity index is 1760. The number of carbonyl (C=O) groups is 3. The number of Topliss-reactive ketones (excluding diaryl/α,β-unsaturated/α-hetero) is 1. The number of nitrogens with zero attached hydrogens (tertiary/aromatic N) is 3. The number of benzene rings is 1. The van der Waals surface area contributed by atoms with E-state index in [-0.39, 0.29) is 31.4 Å². The van der Waals surface area contributed by atoms with Crippen LogP contribution in [0.5, 0.6) is 0 Å². The van der Waals surface area contributed by atoms with Crippen LogP contribution in [0.3, 0.4) is 0 Å². The zero-order chi connectivity index (χ0) is 36.7. The fraction of sp³-hybridized carbons (Fsp3) is 0.595. The molecule has 0 spiro atoms. The van der Waals surface area contributed by atoms with Gasteiger partial charge in [0.05, 0.1) is 25.0 Å². The van der Waals surface area contributed by atoms with Gasteiger partial charge in [0.15, 0.2) is 11.2 Å². The second-order valence-electron chi connectivity index (χ2n) is 14.5. The molecule has 2 aliphatic heterocycles. The summed E-state index contributed by atoms with van der Waals surface area (Å²) in [7, 11) is -3.76. The third-order valence-electron chi connectivity index (χ3n) is 10.5. The maximum atomic E-state index is 14.4. The van der Waals surface area contributed by atoms with Crippen molar-refractivity contribution in [1.82, 2.24) is 30.2 Å². The second-order valence-corrected chi connectivity index (χ2v) is 16.7. The highest BCUT2D eigenvalue weighted by Gasteiger charge is 2.44. The van der Waals surface area contributed by atoms with Crippen LogP contribution in [-0.2, 0) is 31.0 Å². The number of halogens is 1. The van der Waals surface area contributed by atoms with Crippen LogP contribution in [0, 0.1) is 11.8 Å². The molecule has 2 amide bonds. The second kappa shape index (κ2) is 17.6. The molecule has 2 saturated heterocycles. The number of hydrogen-bond donors (Lipinski definition) is 3. The Balaban J connectivity index is 1.24. The Kier molecular flexibility index (Phi) is 13.0. The summed E-state index contributed by atoms with van der Waals surface area (Å²) >= 11 is 6.06. The van der Waals surface area contributed by atoms with Crippen molar-refractivity contribution >= 4 is 50.5 Å². The van der Waals surface area contributed by atoms with Gasteiger partial charge in [0, 0.05) is 24.2 Å². The Morgan fingerprint density at radius 1 is 1.04 bits per heavy atom. The van der Waals surface area contributed by atoms with Gasteiger partial charge in [-0.15, -0.1) is 0 Å². The molecular formula is C37H49ClN6O7S. The van der Waals surface area contributed by atoms with E-state index in [1.807, 2.05) is 12.1 Å². The van der Waals surface area contributed by atoms with Crippen molar-refractivity contribution in [3.63, 3.8) is 0 Å². The van der Waals surface area contributed by atoms with Crippen LogP contribution in [-0.4, -0.2) is 91.0 Å². The Labute approximate surface area is 310 Å². The normalized spacial score (nSPS) is 21.6. The molecule has 1 saturated carbocycles. The highest BCUT2D eigenvalue weighted by Crippen LogP contribution is 2.30. The summed E-state index contributed by atoms with van der Waals surface area (Å²) < 4.78 is 39.6. The molecular weight excluding hydrogens is 708 g/mol. The van der Waals surface area contributed by atoms with E-state index in [0.717, 1.165) is 69.9 Å².